The van der Waals surface area contributed by atoms with Crippen molar-refractivity contribution in [2.75, 3.05) is 13.2 Å². The fraction of sp³-hybridized carbons (Fsp3) is 0.750. The first-order valence-corrected chi connectivity index (χ1v) is 8.15. The van der Waals surface area contributed by atoms with Gasteiger partial charge in [0.25, 0.3) is 0 Å². The summed E-state index contributed by atoms with van der Waals surface area (Å²) in [4.78, 5) is 15.8. The first kappa shape index (κ1) is 16.0. The Balaban J connectivity index is 1.58. The van der Waals surface area contributed by atoms with Crippen LogP contribution in [-0.4, -0.2) is 34.7 Å². The third-order valence-electron chi connectivity index (χ3n) is 4.13. The Morgan fingerprint density at radius 2 is 2.33 bits per heavy atom. The van der Waals surface area contributed by atoms with Crippen LogP contribution in [0.3, 0.4) is 0 Å². The molecular formula is C16H27N3O2. The predicted octanol–water partition coefficient (Wildman–Crippen LogP) is 2.37. The molecule has 118 valence electrons. The van der Waals surface area contributed by atoms with Crippen LogP contribution in [0.5, 0.6) is 0 Å². The molecule has 5 nitrogen and oxygen atoms in total. The second-order valence-corrected chi connectivity index (χ2v) is 5.77. The van der Waals surface area contributed by atoms with Gasteiger partial charge >= 0.3 is 5.97 Å². The minimum atomic E-state index is -0.0101. The van der Waals surface area contributed by atoms with Crippen molar-refractivity contribution in [3.05, 3.63) is 18.7 Å². The van der Waals surface area contributed by atoms with E-state index < -0.39 is 0 Å². The fourth-order valence-corrected chi connectivity index (χ4v) is 2.99. The molecule has 0 spiro atoms. The van der Waals surface area contributed by atoms with E-state index in [4.69, 9.17) is 4.74 Å². The molecule has 1 aliphatic carbocycles. The number of carbonyl (C=O) groups excluding carboxylic acids is 1. The lowest BCUT2D eigenvalue weighted by molar-refractivity contribution is -0.149. The number of imidazole rings is 1. The van der Waals surface area contributed by atoms with E-state index in [2.05, 4.69) is 14.9 Å². The molecule has 1 heterocycles. The van der Waals surface area contributed by atoms with Gasteiger partial charge in [-0.3, -0.25) is 4.79 Å². The van der Waals surface area contributed by atoms with Crippen molar-refractivity contribution >= 4 is 5.97 Å². The summed E-state index contributed by atoms with van der Waals surface area (Å²) < 4.78 is 7.25. The second kappa shape index (κ2) is 8.82. The lowest BCUT2D eigenvalue weighted by Crippen LogP contribution is -2.37. The van der Waals surface area contributed by atoms with Crippen molar-refractivity contribution in [1.29, 1.82) is 0 Å². The van der Waals surface area contributed by atoms with Crippen molar-refractivity contribution in [1.82, 2.24) is 14.9 Å². The first-order valence-electron chi connectivity index (χ1n) is 8.15. The van der Waals surface area contributed by atoms with Crippen molar-refractivity contribution in [3.8, 4) is 0 Å². The molecule has 5 heteroatoms. The average Bonchev–Trinajstić information content (AvgIpc) is 3.01. The van der Waals surface area contributed by atoms with Crippen LogP contribution in [0, 0.1) is 5.92 Å². The Hall–Kier alpha value is -1.36. The molecule has 2 atom stereocenters. The third-order valence-corrected chi connectivity index (χ3v) is 4.13. The molecule has 1 aromatic rings. The third kappa shape index (κ3) is 5.50. The zero-order valence-electron chi connectivity index (χ0n) is 13.0. The summed E-state index contributed by atoms with van der Waals surface area (Å²) >= 11 is 0. The minimum absolute atomic E-state index is 0.0101. The number of hydrogen-bond donors (Lipinski definition) is 1. The maximum Gasteiger partial charge on any atom is 0.308 e. The molecule has 0 saturated heterocycles. The summed E-state index contributed by atoms with van der Waals surface area (Å²) in [5.74, 6) is 0.0891. The summed E-state index contributed by atoms with van der Waals surface area (Å²) in [5.41, 5.74) is 0. The highest BCUT2D eigenvalue weighted by molar-refractivity contribution is 5.72. The lowest BCUT2D eigenvalue weighted by Gasteiger charge is -2.28. The van der Waals surface area contributed by atoms with Crippen molar-refractivity contribution < 1.29 is 9.53 Å². The van der Waals surface area contributed by atoms with Gasteiger partial charge in [-0.2, -0.15) is 0 Å². The van der Waals surface area contributed by atoms with Crippen LogP contribution in [0.2, 0.25) is 0 Å². The normalized spacial score (nSPS) is 22.1. The molecular weight excluding hydrogens is 266 g/mol. The Morgan fingerprint density at radius 3 is 3.10 bits per heavy atom. The Morgan fingerprint density at radius 1 is 1.43 bits per heavy atom. The van der Waals surface area contributed by atoms with Gasteiger partial charge in [-0.1, -0.05) is 6.42 Å². The molecule has 0 amide bonds. The van der Waals surface area contributed by atoms with E-state index in [0.29, 0.717) is 12.6 Å². The Kier molecular flexibility index (Phi) is 6.73. The summed E-state index contributed by atoms with van der Waals surface area (Å²) in [6, 6.07) is 0.474. The van der Waals surface area contributed by atoms with Gasteiger partial charge < -0.3 is 14.6 Å². The van der Waals surface area contributed by atoms with Crippen molar-refractivity contribution in [3.63, 3.8) is 0 Å². The van der Waals surface area contributed by atoms with E-state index in [1.807, 2.05) is 25.6 Å². The quantitative estimate of drug-likeness (QED) is 0.590. The monoisotopic (exact) mass is 293 g/mol. The molecule has 21 heavy (non-hydrogen) atoms. The number of nitrogens with one attached hydrogen (secondary N) is 1. The number of ether oxygens (including phenoxy) is 1. The topological polar surface area (TPSA) is 56.1 Å². The summed E-state index contributed by atoms with van der Waals surface area (Å²) in [6.07, 6.45) is 12.2. The molecule has 0 aliphatic heterocycles. The van der Waals surface area contributed by atoms with E-state index in [1.54, 1.807) is 0 Å². The molecule has 0 bridgehead atoms. The Labute approximate surface area is 127 Å². The molecule has 0 radical (unpaired) electrons. The second-order valence-electron chi connectivity index (χ2n) is 5.77. The molecule has 1 N–H and O–H groups in total. The smallest absolute Gasteiger partial charge is 0.308 e. The van der Waals surface area contributed by atoms with Gasteiger partial charge in [0.15, 0.2) is 0 Å². The SMILES string of the molecule is CCOC(=O)C1CCCC(NCCCCn2ccnc2)C1. The molecule has 2 unspecified atom stereocenters. The molecule has 1 saturated carbocycles. The van der Waals surface area contributed by atoms with Gasteiger partial charge in [0, 0.05) is 25.0 Å². The maximum atomic E-state index is 11.8. The molecule has 2 rings (SSSR count). The Bertz CT molecular complexity index is 406. The first-order chi connectivity index (χ1) is 10.3. The molecule has 0 aromatic carbocycles. The molecule has 1 aromatic heterocycles. The zero-order chi connectivity index (χ0) is 14.9. The summed E-state index contributed by atoms with van der Waals surface area (Å²) in [6.45, 7) is 4.41. The number of aromatic nitrogens is 2. The number of rotatable bonds is 8. The number of carbonyl (C=O) groups is 1. The van der Waals surface area contributed by atoms with Crippen LogP contribution in [-0.2, 0) is 16.1 Å². The number of unbranched alkanes of at least 4 members (excludes halogenated alkanes) is 1. The maximum absolute atomic E-state index is 11.8. The number of hydrogen-bond acceptors (Lipinski definition) is 4. The summed E-state index contributed by atoms with van der Waals surface area (Å²) in [5, 5.41) is 3.60. The van der Waals surface area contributed by atoms with Crippen molar-refractivity contribution in [2.45, 2.75) is 58.0 Å². The zero-order valence-corrected chi connectivity index (χ0v) is 13.0. The van der Waals surface area contributed by atoms with Gasteiger partial charge in [-0.05, 0) is 45.6 Å². The van der Waals surface area contributed by atoms with Gasteiger partial charge in [-0.15, -0.1) is 0 Å². The molecule has 1 aliphatic rings. The predicted molar refractivity (Wildman–Crippen MR) is 81.8 cm³/mol. The highest BCUT2D eigenvalue weighted by Crippen LogP contribution is 2.25. The number of esters is 1. The summed E-state index contributed by atoms with van der Waals surface area (Å²) in [7, 11) is 0. The largest absolute Gasteiger partial charge is 0.466 e. The number of aryl methyl sites for hydroxylation is 1. The standard InChI is InChI=1S/C16H27N3O2/c1-2-21-16(20)14-6-5-7-15(12-14)18-8-3-4-10-19-11-9-17-13-19/h9,11,13-15,18H,2-8,10,12H2,1H3. The average molecular weight is 293 g/mol. The van der Waals surface area contributed by atoms with Gasteiger partial charge in [0.1, 0.15) is 0 Å². The minimum Gasteiger partial charge on any atom is -0.466 e. The van der Waals surface area contributed by atoms with E-state index in [1.165, 1.54) is 6.42 Å². The van der Waals surface area contributed by atoms with Crippen LogP contribution in [0.4, 0.5) is 0 Å². The van der Waals surface area contributed by atoms with E-state index in [-0.39, 0.29) is 11.9 Å². The van der Waals surface area contributed by atoms with E-state index >= 15 is 0 Å². The van der Waals surface area contributed by atoms with Gasteiger partial charge in [0.05, 0.1) is 18.9 Å². The highest BCUT2D eigenvalue weighted by atomic mass is 16.5. The van der Waals surface area contributed by atoms with E-state index in [9.17, 15) is 4.79 Å². The van der Waals surface area contributed by atoms with Crippen LogP contribution < -0.4 is 5.32 Å². The van der Waals surface area contributed by atoms with Crippen molar-refractivity contribution in [2.24, 2.45) is 5.92 Å². The molecule has 1 fully saturated rings. The van der Waals surface area contributed by atoms with Crippen LogP contribution in [0.1, 0.15) is 45.4 Å². The fourth-order valence-electron chi connectivity index (χ4n) is 2.99. The van der Waals surface area contributed by atoms with Crippen LogP contribution >= 0.6 is 0 Å². The lowest BCUT2D eigenvalue weighted by atomic mass is 9.85. The van der Waals surface area contributed by atoms with Gasteiger partial charge in [0.2, 0.25) is 0 Å². The number of nitrogens with zero attached hydrogens (tertiary/aromatic N) is 2. The van der Waals surface area contributed by atoms with E-state index in [0.717, 1.165) is 45.2 Å². The van der Waals surface area contributed by atoms with Crippen LogP contribution in [0.25, 0.3) is 0 Å². The highest BCUT2D eigenvalue weighted by Gasteiger charge is 2.27. The van der Waals surface area contributed by atoms with Gasteiger partial charge in [-0.25, -0.2) is 4.98 Å². The van der Waals surface area contributed by atoms with Crippen LogP contribution in [0.15, 0.2) is 18.7 Å².